The molecule has 2 rings (SSSR count). The number of alkyl halides is 3. The summed E-state index contributed by atoms with van der Waals surface area (Å²) in [6, 6.07) is 6.70. The second-order valence-electron chi connectivity index (χ2n) is 6.77. The van der Waals surface area contributed by atoms with E-state index in [1.54, 1.807) is 19.2 Å². The normalized spacial score (nSPS) is 21.1. The van der Waals surface area contributed by atoms with Crippen molar-refractivity contribution in [1.82, 2.24) is 10.6 Å². The van der Waals surface area contributed by atoms with Crippen molar-refractivity contribution in [1.29, 1.82) is 0 Å². The Morgan fingerprint density at radius 3 is 2.55 bits per heavy atom. The Hall–Kier alpha value is -1.04. The highest BCUT2D eigenvalue weighted by Crippen LogP contribution is 2.23. The highest BCUT2D eigenvalue weighted by atomic mass is 127. The number of hydrogen-bond donors (Lipinski definition) is 2. The Balaban J connectivity index is 0.00000420. The molecule has 0 heterocycles. The van der Waals surface area contributed by atoms with E-state index in [-0.39, 0.29) is 41.0 Å². The van der Waals surface area contributed by atoms with Gasteiger partial charge >= 0.3 is 6.18 Å². The molecule has 2 N–H and O–H groups in total. The third-order valence-electron chi connectivity index (χ3n) is 4.63. The van der Waals surface area contributed by atoms with Crippen LogP contribution in [0.2, 0.25) is 0 Å². The van der Waals surface area contributed by atoms with Gasteiger partial charge in [-0.3, -0.25) is 9.20 Å². The topological polar surface area (TPSA) is 62.7 Å². The number of nitrogens with zero attached hydrogens (tertiary/aromatic N) is 1. The molecular weight excluding hydrogens is 518 g/mol. The van der Waals surface area contributed by atoms with Gasteiger partial charge in [0, 0.05) is 41.4 Å². The summed E-state index contributed by atoms with van der Waals surface area (Å²) in [5.41, 5.74) is 0.899. The van der Waals surface area contributed by atoms with Crippen molar-refractivity contribution >= 4 is 40.7 Å². The van der Waals surface area contributed by atoms with Crippen LogP contribution in [-0.2, 0) is 17.3 Å². The van der Waals surface area contributed by atoms with Crippen LogP contribution in [0.1, 0.15) is 38.2 Å². The lowest BCUT2D eigenvalue weighted by Crippen LogP contribution is -2.46. The molecule has 0 amide bonds. The molecule has 3 unspecified atom stereocenters. The summed E-state index contributed by atoms with van der Waals surface area (Å²) in [4.78, 5) is 4.23. The fraction of sp³-hybridized carbons (Fsp3) is 0.632. The van der Waals surface area contributed by atoms with E-state index in [0.29, 0.717) is 18.3 Å². The van der Waals surface area contributed by atoms with Gasteiger partial charge in [0.15, 0.2) is 12.6 Å². The molecule has 29 heavy (non-hydrogen) atoms. The van der Waals surface area contributed by atoms with Crippen LogP contribution in [0.5, 0.6) is 5.75 Å². The summed E-state index contributed by atoms with van der Waals surface area (Å²) in [5, 5.41) is 6.83. The van der Waals surface area contributed by atoms with E-state index < -0.39 is 23.6 Å². The van der Waals surface area contributed by atoms with Crippen molar-refractivity contribution in [3.63, 3.8) is 0 Å². The monoisotopic (exact) mass is 547 g/mol. The summed E-state index contributed by atoms with van der Waals surface area (Å²) in [5.74, 6) is 1.53. The first-order valence-corrected chi connectivity index (χ1v) is 10.8. The largest absolute Gasteiger partial charge is 0.484 e. The number of nitrogens with one attached hydrogen (secondary N) is 2. The zero-order valence-corrected chi connectivity index (χ0v) is 19.8. The van der Waals surface area contributed by atoms with Crippen LogP contribution in [0.4, 0.5) is 13.2 Å². The minimum Gasteiger partial charge on any atom is -0.484 e. The number of benzene rings is 1. The molecule has 1 saturated carbocycles. The average Bonchev–Trinajstić information content (AvgIpc) is 2.69. The molecule has 1 aliphatic rings. The Labute approximate surface area is 189 Å². The third-order valence-corrected chi connectivity index (χ3v) is 6.37. The van der Waals surface area contributed by atoms with Gasteiger partial charge in [0.25, 0.3) is 0 Å². The molecule has 5 nitrogen and oxygen atoms in total. The summed E-state index contributed by atoms with van der Waals surface area (Å²) < 4.78 is 53.3. The molecule has 1 fully saturated rings. The van der Waals surface area contributed by atoms with Gasteiger partial charge in [-0.2, -0.15) is 13.2 Å². The Bertz CT molecular complexity index is 672. The number of halogens is 4. The Morgan fingerprint density at radius 2 is 1.97 bits per heavy atom. The zero-order chi connectivity index (χ0) is 20.6. The minimum absolute atomic E-state index is 0. The van der Waals surface area contributed by atoms with E-state index in [0.717, 1.165) is 31.2 Å². The van der Waals surface area contributed by atoms with Crippen molar-refractivity contribution < 1.29 is 22.1 Å². The molecule has 0 spiro atoms. The Morgan fingerprint density at radius 1 is 1.28 bits per heavy atom. The molecule has 1 aliphatic carbocycles. The SMILES string of the molecule is CCS(=O)C1CCCC(NC(=NC)NCc2ccc(OCC(F)(F)F)cc2)C1.I. The van der Waals surface area contributed by atoms with Crippen LogP contribution >= 0.6 is 24.0 Å². The molecule has 0 aliphatic heterocycles. The molecule has 0 bridgehead atoms. The summed E-state index contributed by atoms with van der Waals surface area (Å²) in [6.07, 6.45) is -0.409. The van der Waals surface area contributed by atoms with Gasteiger partial charge in [-0.05, 0) is 37.0 Å². The maximum atomic E-state index is 12.2. The van der Waals surface area contributed by atoms with Crippen LogP contribution < -0.4 is 15.4 Å². The number of ether oxygens (including phenoxy) is 1. The standard InChI is InChI=1S/C19H28F3N3O2S.HI/c1-3-28(26)17-6-4-5-15(11-17)25-18(23-2)24-12-14-7-9-16(10-8-14)27-13-19(20,21)22;/h7-10,15,17H,3-6,11-13H2,1-2H3,(H2,23,24,25);1H. The van der Waals surface area contributed by atoms with E-state index in [9.17, 15) is 17.4 Å². The molecule has 1 aromatic carbocycles. The highest BCUT2D eigenvalue weighted by molar-refractivity contribution is 14.0. The lowest BCUT2D eigenvalue weighted by molar-refractivity contribution is -0.153. The van der Waals surface area contributed by atoms with E-state index in [1.807, 2.05) is 6.92 Å². The van der Waals surface area contributed by atoms with Crippen LogP contribution in [0.25, 0.3) is 0 Å². The number of hydrogen-bond acceptors (Lipinski definition) is 3. The highest BCUT2D eigenvalue weighted by Gasteiger charge is 2.28. The lowest BCUT2D eigenvalue weighted by atomic mass is 9.95. The predicted molar refractivity (Wildman–Crippen MR) is 121 cm³/mol. The van der Waals surface area contributed by atoms with Gasteiger partial charge in [-0.1, -0.05) is 25.5 Å². The summed E-state index contributed by atoms with van der Waals surface area (Å²) in [6.45, 7) is 1.13. The van der Waals surface area contributed by atoms with Crippen LogP contribution in [0.3, 0.4) is 0 Å². The zero-order valence-electron chi connectivity index (χ0n) is 16.6. The van der Waals surface area contributed by atoms with Crippen molar-refractivity contribution in [3.05, 3.63) is 29.8 Å². The molecule has 10 heteroatoms. The molecule has 0 saturated heterocycles. The summed E-state index contributed by atoms with van der Waals surface area (Å²) >= 11 is 0. The molecular formula is C19H29F3IN3O2S. The number of aliphatic imine (C=N–C) groups is 1. The lowest BCUT2D eigenvalue weighted by Gasteiger charge is -2.30. The number of guanidine groups is 1. The van der Waals surface area contributed by atoms with Gasteiger partial charge in [-0.15, -0.1) is 24.0 Å². The predicted octanol–water partition coefficient (Wildman–Crippen LogP) is 3.99. The van der Waals surface area contributed by atoms with E-state index in [4.69, 9.17) is 4.74 Å². The van der Waals surface area contributed by atoms with Crippen molar-refractivity contribution in [2.45, 2.75) is 56.6 Å². The summed E-state index contributed by atoms with van der Waals surface area (Å²) in [7, 11) is 0.912. The first-order valence-electron chi connectivity index (χ1n) is 9.43. The molecule has 3 atom stereocenters. The second kappa shape index (κ2) is 12.6. The fourth-order valence-corrected chi connectivity index (χ4v) is 4.54. The van der Waals surface area contributed by atoms with E-state index >= 15 is 0 Å². The van der Waals surface area contributed by atoms with Crippen LogP contribution in [0, 0.1) is 0 Å². The van der Waals surface area contributed by atoms with Gasteiger partial charge in [0.05, 0.1) is 0 Å². The molecule has 166 valence electrons. The van der Waals surface area contributed by atoms with Gasteiger partial charge in [-0.25, -0.2) is 0 Å². The van der Waals surface area contributed by atoms with Crippen molar-refractivity contribution in [2.75, 3.05) is 19.4 Å². The quantitative estimate of drug-likeness (QED) is 0.308. The molecule has 0 radical (unpaired) electrons. The maximum absolute atomic E-state index is 12.2. The Kier molecular flexibility index (Phi) is 11.3. The first kappa shape index (κ1) is 26.0. The van der Waals surface area contributed by atoms with E-state index in [1.165, 1.54) is 12.1 Å². The van der Waals surface area contributed by atoms with Crippen LogP contribution in [0.15, 0.2) is 29.3 Å². The average molecular weight is 547 g/mol. The first-order chi connectivity index (χ1) is 13.3. The van der Waals surface area contributed by atoms with Gasteiger partial charge in [0.2, 0.25) is 0 Å². The van der Waals surface area contributed by atoms with Gasteiger partial charge in [0.1, 0.15) is 5.75 Å². The maximum Gasteiger partial charge on any atom is 0.422 e. The smallest absolute Gasteiger partial charge is 0.422 e. The van der Waals surface area contributed by atoms with Crippen molar-refractivity contribution in [2.24, 2.45) is 4.99 Å². The minimum atomic E-state index is -4.35. The number of rotatable bonds is 7. The third kappa shape index (κ3) is 9.54. The van der Waals surface area contributed by atoms with Gasteiger partial charge < -0.3 is 15.4 Å². The van der Waals surface area contributed by atoms with Crippen LogP contribution in [-0.4, -0.2) is 47.0 Å². The fourth-order valence-electron chi connectivity index (χ4n) is 3.19. The van der Waals surface area contributed by atoms with Crippen molar-refractivity contribution in [3.8, 4) is 5.75 Å². The molecule has 0 aromatic heterocycles. The second-order valence-corrected chi connectivity index (χ2v) is 8.78. The molecule has 1 aromatic rings. The van der Waals surface area contributed by atoms with E-state index in [2.05, 4.69) is 15.6 Å².